The summed E-state index contributed by atoms with van der Waals surface area (Å²) in [5.74, 6) is -0.641. The first-order valence-corrected chi connectivity index (χ1v) is 9.74. The van der Waals surface area contributed by atoms with Crippen molar-refractivity contribution in [1.82, 2.24) is 20.4 Å². The van der Waals surface area contributed by atoms with Crippen molar-refractivity contribution in [3.8, 4) is 0 Å². The van der Waals surface area contributed by atoms with E-state index in [1.165, 1.54) is 19.3 Å². The second-order valence-corrected chi connectivity index (χ2v) is 7.22. The molecule has 0 saturated carbocycles. The molecule has 2 N–H and O–H groups in total. The zero-order valence-electron chi connectivity index (χ0n) is 14.6. The summed E-state index contributed by atoms with van der Waals surface area (Å²) in [4.78, 5) is 26.7. The van der Waals surface area contributed by atoms with Crippen LogP contribution in [0.2, 0.25) is 0 Å². The van der Waals surface area contributed by atoms with E-state index in [9.17, 15) is 9.59 Å². The van der Waals surface area contributed by atoms with Gasteiger partial charge in [0.25, 0.3) is 11.8 Å². The number of hydrogen-bond acceptors (Lipinski definition) is 6. The van der Waals surface area contributed by atoms with Gasteiger partial charge in [0, 0.05) is 12.2 Å². The van der Waals surface area contributed by atoms with Crippen LogP contribution in [0.3, 0.4) is 0 Å². The third-order valence-corrected chi connectivity index (χ3v) is 5.15. The summed E-state index contributed by atoms with van der Waals surface area (Å²) < 4.78 is 0. The highest BCUT2D eigenvalue weighted by Gasteiger charge is 2.17. The number of carbonyl (C=O) groups excluding carboxylic acids is 2. The van der Waals surface area contributed by atoms with Crippen molar-refractivity contribution < 1.29 is 9.59 Å². The van der Waals surface area contributed by atoms with Gasteiger partial charge in [-0.2, -0.15) is 0 Å². The molecular formula is C18H23N5O2S. The Balaban J connectivity index is 1.43. The minimum atomic E-state index is -0.363. The monoisotopic (exact) mass is 373 g/mol. The van der Waals surface area contributed by atoms with Gasteiger partial charge in [-0.3, -0.25) is 9.59 Å². The Labute approximate surface area is 156 Å². The van der Waals surface area contributed by atoms with Crippen LogP contribution in [0.5, 0.6) is 0 Å². The van der Waals surface area contributed by atoms with Gasteiger partial charge in [0.15, 0.2) is 0 Å². The summed E-state index contributed by atoms with van der Waals surface area (Å²) in [5.41, 5.74) is 0.677. The number of carbonyl (C=O) groups is 2. The maximum Gasteiger partial charge on any atom is 0.286 e. The third kappa shape index (κ3) is 5.34. The van der Waals surface area contributed by atoms with Crippen molar-refractivity contribution in [2.24, 2.45) is 0 Å². The van der Waals surface area contributed by atoms with Crippen molar-refractivity contribution in [2.75, 3.05) is 31.5 Å². The fourth-order valence-corrected chi connectivity index (χ4v) is 3.53. The molecule has 2 aromatic rings. The number of benzene rings is 1. The highest BCUT2D eigenvalue weighted by Crippen LogP contribution is 2.13. The lowest BCUT2D eigenvalue weighted by atomic mass is 10.1. The first-order chi connectivity index (χ1) is 12.7. The Morgan fingerprint density at radius 2 is 1.69 bits per heavy atom. The fraction of sp³-hybridized carbons (Fsp3) is 0.444. The Morgan fingerprint density at radius 3 is 2.42 bits per heavy atom. The average molecular weight is 373 g/mol. The molecule has 0 aliphatic carbocycles. The van der Waals surface area contributed by atoms with Gasteiger partial charge in [0.2, 0.25) is 10.0 Å². The normalized spacial score (nSPS) is 14.8. The summed E-state index contributed by atoms with van der Waals surface area (Å²) in [7, 11) is 0. The van der Waals surface area contributed by atoms with E-state index < -0.39 is 0 Å². The Kier molecular flexibility index (Phi) is 6.68. The van der Waals surface area contributed by atoms with E-state index in [2.05, 4.69) is 25.7 Å². The lowest BCUT2D eigenvalue weighted by Crippen LogP contribution is -2.33. The first kappa shape index (κ1) is 18.5. The molecule has 0 radical (unpaired) electrons. The number of nitrogens with one attached hydrogen (secondary N) is 2. The summed E-state index contributed by atoms with van der Waals surface area (Å²) >= 11 is 0.998. The Hall–Kier alpha value is -2.32. The number of piperidine rings is 1. The first-order valence-electron chi connectivity index (χ1n) is 8.93. The summed E-state index contributed by atoms with van der Waals surface area (Å²) in [6.45, 7) is 3.91. The molecule has 3 rings (SSSR count). The number of para-hydroxylation sites is 1. The standard InChI is InChI=1S/C18H23N5O2S/c24-15(19-10-7-13-23-11-5-2-6-12-23)17-21-22-18(26-17)16(25)20-14-8-3-1-4-9-14/h1,3-4,8-9H,2,5-7,10-13H2,(H,19,24)(H,20,25). The van der Waals surface area contributed by atoms with Gasteiger partial charge in [0.1, 0.15) is 0 Å². The molecule has 1 aromatic carbocycles. The highest BCUT2D eigenvalue weighted by atomic mass is 32.1. The zero-order valence-corrected chi connectivity index (χ0v) is 15.4. The van der Waals surface area contributed by atoms with Crippen molar-refractivity contribution in [3.63, 3.8) is 0 Å². The number of hydrogen-bond donors (Lipinski definition) is 2. The molecule has 2 amide bonds. The summed E-state index contributed by atoms with van der Waals surface area (Å²) in [6, 6.07) is 9.11. The Morgan fingerprint density at radius 1 is 1.00 bits per heavy atom. The highest BCUT2D eigenvalue weighted by molar-refractivity contribution is 7.15. The number of anilines is 1. The van der Waals surface area contributed by atoms with Gasteiger partial charge >= 0.3 is 0 Å². The van der Waals surface area contributed by atoms with E-state index in [0.29, 0.717) is 12.2 Å². The molecule has 0 unspecified atom stereocenters. The SMILES string of the molecule is O=C(NCCCN1CCCCC1)c1nnc(C(=O)Nc2ccccc2)s1. The lowest BCUT2D eigenvalue weighted by molar-refractivity contribution is 0.0948. The summed E-state index contributed by atoms with van der Waals surface area (Å²) in [6.07, 6.45) is 4.77. The number of likely N-dealkylation sites (tertiary alicyclic amines) is 1. The molecule has 1 aromatic heterocycles. The van der Waals surface area contributed by atoms with Crippen LogP contribution in [0.25, 0.3) is 0 Å². The minimum Gasteiger partial charge on any atom is -0.350 e. The van der Waals surface area contributed by atoms with Gasteiger partial charge in [0.05, 0.1) is 0 Å². The predicted molar refractivity (Wildman–Crippen MR) is 102 cm³/mol. The van der Waals surface area contributed by atoms with Gasteiger partial charge in [-0.25, -0.2) is 0 Å². The third-order valence-electron chi connectivity index (χ3n) is 4.23. The molecule has 1 aliphatic heterocycles. The quantitative estimate of drug-likeness (QED) is 0.728. The van der Waals surface area contributed by atoms with Crippen LogP contribution in [0.1, 0.15) is 45.3 Å². The van der Waals surface area contributed by atoms with Gasteiger partial charge in [-0.05, 0) is 51.0 Å². The molecule has 1 aliphatic rings. The second kappa shape index (κ2) is 9.40. The lowest BCUT2D eigenvalue weighted by Gasteiger charge is -2.26. The van der Waals surface area contributed by atoms with E-state index in [1.807, 2.05) is 18.2 Å². The molecular weight excluding hydrogens is 350 g/mol. The second-order valence-electron chi connectivity index (χ2n) is 6.24. The smallest absolute Gasteiger partial charge is 0.286 e. The van der Waals surface area contributed by atoms with E-state index in [1.54, 1.807) is 12.1 Å². The van der Waals surface area contributed by atoms with Crippen LogP contribution in [0.15, 0.2) is 30.3 Å². The van der Waals surface area contributed by atoms with Crippen LogP contribution in [-0.4, -0.2) is 53.1 Å². The molecule has 0 atom stereocenters. The average Bonchev–Trinajstić information content (AvgIpc) is 3.17. The summed E-state index contributed by atoms with van der Waals surface area (Å²) in [5, 5.41) is 13.6. The predicted octanol–water partition coefficient (Wildman–Crippen LogP) is 2.40. The van der Waals surface area contributed by atoms with Crippen LogP contribution >= 0.6 is 11.3 Å². The maximum absolute atomic E-state index is 12.1. The maximum atomic E-state index is 12.1. The number of rotatable bonds is 7. The van der Waals surface area contributed by atoms with E-state index >= 15 is 0 Å². The molecule has 0 bridgehead atoms. The number of nitrogens with zero attached hydrogens (tertiary/aromatic N) is 3. The molecule has 1 fully saturated rings. The van der Waals surface area contributed by atoms with Crippen LogP contribution in [0.4, 0.5) is 5.69 Å². The largest absolute Gasteiger partial charge is 0.350 e. The van der Waals surface area contributed by atoms with Gasteiger partial charge in [-0.15, -0.1) is 10.2 Å². The van der Waals surface area contributed by atoms with E-state index in [0.717, 1.165) is 37.4 Å². The fourth-order valence-electron chi connectivity index (χ4n) is 2.88. The molecule has 7 nitrogen and oxygen atoms in total. The zero-order chi connectivity index (χ0) is 18.2. The molecule has 0 spiro atoms. The molecule has 1 saturated heterocycles. The van der Waals surface area contributed by atoms with E-state index in [-0.39, 0.29) is 21.8 Å². The number of amides is 2. The van der Waals surface area contributed by atoms with Crippen molar-refractivity contribution in [2.45, 2.75) is 25.7 Å². The topological polar surface area (TPSA) is 87.2 Å². The van der Waals surface area contributed by atoms with Crippen LogP contribution < -0.4 is 10.6 Å². The van der Waals surface area contributed by atoms with Crippen molar-refractivity contribution >= 4 is 28.8 Å². The molecule has 138 valence electrons. The molecule has 8 heteroatoms. The number of aromatic nitrogens is 2. The van der Waals surface area contributed by atoms with Crippen molar-refractivity contribution in [3.05, 3.63) is 40.3 Å². The molecule has 2 heterocycles. The minimum absolute atomic E-state index is 0.173. The van der Waals surface area contributed by atoms with Gasteiger partial charge < -0.3 is 15.5 Å². The van der Waals surface area contributed by atoms with Crippen molar-refractivity contribution in [1.29, 1.82) is 0 Å². The van der Waals surface area contributed by atoms with Crippen LogP contribution in [-0.2, 0) is 0 Å². The Bertz CT molecular complexity index is 728. The van der Waals surface area contributed by atoms with E-state index in [4.69, 9.17) is 0 Å². The van der Waals surface area contributed by atoms with Crippen LogP contribution in [0, 0.1) is 0 Å². The molecule has 26 heavy (non-hydrogen) atoms. The van der Waals surface area contributed by atoms with Gasteiger partial charge in [-0.1, -0.05) is 36.0 Å².